The van der Waals surface area contributed by atoms with Gasteiger partial charge >= 0.3 is 0 Å². The minimum atomic E-state index is -0.249. The van der Waals surface area contributed by atoms with Crippen molar-refractivity contribution in [3.63, 3.8) is 0 Å². The van der Waals surface area contributed by atoms with E-state index in [4.69, 9.17) is 14.5 Å². The van der Waals surface area contributed by atoms with E-state index in [0.29, 0.717) is 42.5 Å². The molecule has 5 heterocycles. The summed E-state index contributed by atoms with van der Waals surface area (Å²) in [5, 5.41) is 11.8. The molecule has 3 aromatic heterocycles. The molecule has 0 saturated heterocycles. The number of anilines is 1. The summed E-state index contributed by atoms with van der Waals surface area (Å²) in [5.41, 5.74) is 5.01. The molecule has 0 spiro atoms. The summed E-state index contributed by atoms with van der Waals surface area (Å²) < 4.78 is 30.7. The van der Waals surface area contributed by atoms with Gasteiger partial charge in [-0.3, -0.25) is 4.40 Å². The van der Waals surface area contributed by atoms with Gasteiger partial charge < -0.3 is 19.4 Å². The number of aryl methyl sites for hydroxylation is 1. The summed E-state index contributed by atoms with van der Waals surface area (Å²) in [5.74, 6) is 2.56. The van der Waals surface area contributed by atoms with Crippen LogP contribution in [0, 0.1) is 19.7 Å². The van der Waals surface area contributed by atoms with Crippen LogP contribution < -0.4 is 14.8 Å². The molecule has 158 valence electrons. The number of aromatic nitrogens is 5. The summed E-state index contributed by atoms with van der Waals surface area (Å²) in [6, 6.07) is 5.10. The van der Waals surface area contributed by atoms with E-state index in [2.05, 4.69) is 15.5 Å². The molecule has 31 heavy (non-hydrogen) atoms. The standard InChI is InChI=1S/C22H21FN6O2/c1-11-12(2)28(3)20(26-11)14-6-18-22(29-10-25-27-21(14)29)24-7-15-16(23)4-5-17-19(15)13(8-30-17)9-31-18/h4-6,10,13,24H,7-9H2,1-3H3/t13-/m0/s1. The first-order chi connectivity index (χ1) is 15.0. The highest BCUT2D eigenvalue weighted by Gasteiger charge is 2.32. The Balaban J connectivity index is 1.53. The minimum absolute atomic E-state index is 0.0360. The number of ether oxygens (including phenoxy) is 2. The number of fused-ring (bicyclic) bond motifs is 3. The third-order valence-corrected chi connectivity index (χ3v) is 6.38. The molecule has 1 N–H and O–H groups in total. The fraction of sp³-hybridized carbons (Fsp3) is 0.318. The molecule has 0 radical (unpaired) electrons. The minimum Gasteiger partial charge on any atom is -0.493 e. The lowest BCUT2D eigenvalue weighted by atomic mass is 9.96. The van der Waals surface area contributed by atoms with E-state index < -0.39 is 0 Å². The van der Waals surface area contributed by atoms with Crippen LogP contribution in [0.2, 0.25) is 0 Å². The Hall–Kier alpha value is -3.62. The van der Waals surface area contributed by atoms with Gasteiger partial charge in [0.25, 0.3) is 0 Å². The number of pyridine rings is 1. The van der Waals surface area contributed by atoms with Gasteiger partial charge in [-0.2, -0.15) is 0 Å². The fourth-order valence-corrected chi connectivity index (χ4v) is 4.51. The van der Waals surface area contributed by atoms with Crippen LogP contribution in [0.1, 0.15) is 28.4 Å². The van der Waals surface area contributed by atoms with Crippen molar-refractivity contribution in [3.05, 3.63) is 52.9 Å². The number of nitrogens with zero attached hydrogens (tertiary/aromatic N) is 5. The second kappa shape index (κ2) is 6.44. The molecule has 0 saturated carbocycles. The van der Waals surface area contributed by atoms with Crippen molar-refractivity contribution >= 4 is 11.5 Å². The number of hydrogen-bond acceptors (Lipinski definition) is 6. The highest BCUT2D eigenvalue weighted by Crippen LogP contribution is 2.41. The van der Waals surface area contributed by atoms with Crippen LogP contribution in [-0.2, 0) is 13.6 Å². The molecule has 1 aromatic carbocycles. The first kappa shape index (κ1) is 18.2. The Morgan fingerprint density at radius 1 is 1.16 bits per heavy atom. The molecule has 9 heteroatoms. The monoisotopic (exact) mass is 420 g/mol. The predicted octanol–water partition coefficient (Wildman–Crippen LogP) is 3.37. The molecule has 0 amide bonds. The summed E-state index contributed by atoms with van der Waals surface area (Å²) in [6.07, 6.45) is 1.63. The molecule has 8 nitrogen and oxygen atoms in total. The van der Waals surface area contributed by atoms with Crippen molar-refractivity contribution in [1.82, 2.24) is 24.1 Å². The van der Waals surface area contributed by atoms with Gasteiger partial charge in [-0.05, 0) is 32.0 Å². The first-order valence-electron chi connectivity index (χ1n) is 10.2. The van der Waals surface area contributed by atoms with E-state index in [9.17, 15) is 4.39 Å². The zero-order valence-electron chi connectivity index (χ0n) is 17.4. The normalized spacial score (nSPS) is 17.1. The van der Waals surface area contributed by atoms with Gasteiger partial charge in [-0.15, -0.1) is 10.2 Å². The molecule has 2 aliphatic rings. The van der Waals surface area contributed by atoms with E-state index >= 15 is 0 Å². The summed E-state index contributed by atoms with van der Waals surface area (Å²) in [7, 11) is 1.98. The van der Waals surface area contributed by atoms with Gasteiger partial charge in [-0.1, -0.05) is 0 Å². The Kier molecular flexibility index (Phi) is 3.77. The quantitative estimate of drug-likeness (QED) is 0.509. The molecule has 2 aliphatic heterocycles. The topological polar surface area (TPSA) is 78.5 Å². The van der Waals surface area contributed by atoms with Crippen LogP contribution in [0.3, 0.4) is 0 Å². The van der Waals surface area contributed by atoms with E-state index in [1.165, 1.54) is 6.07 Å². The first-order valence-corrected chi connectivity index (χ1v) is 10.2. The van der Waals surface area contributed by atoms with Crippen molar-refractivity contribution in [2.45, 2.75) is 26.3 Å². The van der Waals surface area contributed by atoms with E-state index in [1.807, 2.05) is 35.9 Å². The van der Waals surface area contributed by atoms with Crippen LogP contribution in [-0.4, -0.2) is 37.4 Å². The maximum absolute atomic E-state index is 14.7. The number of hydrogen-bond donors (Lipinski definition) is 1. The maximum Gasteiger partial charge on any atom is 0.173 e. The average molecular weight is 420 g/mol. The Labute approximate surface area is 177 Å². The lowest BCUT2D eigenvalue weighted by molar-refractivity contribution is 0.249. The Morgan fingerprint density at radius 3 is 2.74 bits per heavy atom. The third kappa shape index (κ3) is 2.55. The lowest BCUT2D eigenvalue weighted by Crippen LogP contribution is -2.13. The molecule has 1 atom stereocenters. The highest BCUT2D eigenvalue weighted by molar-refractivity contribution is 5.79. The van der Waals surface area contributed by atoms with Gasteiger partial charge in [0.1, 0.15) is 23.7 Å². The SMILES string of the molecule is Cc1nc(-c2cc3c(n4cnnc24)NCc2c(F)ccc4c2[C@@H](CO4)CO3)n(C)c1C. The van der Waals surface area contributed by atoms with Gasteiger partial charge in [0, 0.05) is 30.4 Å². The summed E-state index contributed by atoms with van der Waals surface area (Å²) >= 11 is 0. The molecule has 0 fully saturated rings. The predicted molar refractivity (Wildman–Crippen MR) is 112 cm³/mol. The number of imidazole rings is 1. The van der Waals surface area contributed by atoms with Crippen LogP contribution in [0.4, 0.5) is 10.2 Å². The molecule has 0 unspecified atom stereocenters. The second-order valence-corrected chi connectivity index (χ2v) is 8.07. The molecule has 0 aliphatic carbocycles. The second-order valence-electron chi connectivity index (χ2n) is 8.07. The number of rotatable bonds is 1. The third-order valence-electron chi connectivity index (χ3n) is 6.38. The number of halogens is 1. The zero-order chi connectivity index (χ0) is 21.3. The van der Waals surface area contributed by atoms with Gasteiger partial charge in [-0.25, -0.2) is 9.37 Å². The lowest BCUT2D eigenvalue weighted by Gasteiger charge is -2.16. The molecule has 4 aromatic rings. The molecular weight excluding hydrogens is 399 g/mol. The van der Waals surface area contributed by atoms with Gasteiger partial charge in [0.05, 0.1) is 30.4 Å². The van der Waals surface area contributed by atoms with Crippen LogP contribution in [0.5, 0.6) is 11.5 Å². The highest BCUT2D eigenvalue weighted by atomic mass is 19.1. The molecule has 6 rings (SSSR count). The van der Waals surface area contributed by atoms with Crippen LogP contribution in [0.25, 0.3) is 17.0 Å². The van der Waals surface area contributed by atoms with Crippen molar-refractivity contribution in [2.24, 2.45) is 7.05 Å². The smallest absolute Gasteiger partial charge is 0.173 e. The molecule has 0 bridgehead atoms. The number of nitrogens with one attached hydrogen (secondary N) is 1. The summed E-state index contributed by atoms with van der Waals surface area (Å²) in [6.45, 7) is 5.17. The Bertz CT molecular complexity index is 1360. The van der Waals surface area contributed by atoms with Gasteiger partial charge in [0.2, 0.25) is 0 Å². The maximum atomic E-state index is 14.7. The van der Waals surface area contributed by atoms with Crippen LogP contribution in [0.15, 0.2) is 24.5 Å². The average Bonchev–Trinajstić information content (AvgIpc) is 3.47. The molecular formula is C22H21FN6O2. The van der Waals surface area contributed by atoms with E-state index in [-0.39, 0.29) is 11.7 Å². The van der Waals surface area contributed by atoms with E-state index in [1.54, 1.807) is 12.4 Å². The fourth-order valence-electron chi connectivity index (χ4n) is 4.51. The Morgan fingerprint density at radius 2 is 1.97 bits per heavy atom. The van der Waals surface area contributed by atoms with Crippen molar-refractivity contribution in [2.75, 3.05) is 18.5 Å². The number of benzene rings is 1. The van der Waals surface area contributed by atoms with E-state index in [0.717, 1.165) is 34.1 Å². The van der Waals surface area contributed by atoms with Crippen molar-refractivity contribution in [1.29, 1.82) is 0 Å². The zero-order valence-corrected chi connectivity index (χ0v) is 17.4. The largest absolute Gasteiger partial charge is 0.493 e. The van der Waals surface area contributed by atoms with Crippen molar-refractivity contribution < 1.29 is 13.9 Å². The van der Waals surface area contributed by atoms with Gasteiger partial charge in [0.15, 0.2) is 17.2 Å². The van der Waals surface area contributed by atoms with Crippen molar-refractivity contribution in [3.8, 4) is 22.9 Å². The van der Waals surface area contributed by atoms with Crippen LogP contribution >= 0.6 is 0 Å². The summed E-state index contributed by atoms with van der Waals surface area (Å²) in [4.78, 5) is 4.74.